The minimum atomic E-state index is 0.203. The number of imidazole rings is 1. The number of hydrogen-bond acceptors (Lipinski definition) is 5. The first-order chi connectivity index (χ1) is 14.5. The highest BCUT2D eigenvalue weighted by molar-refractivity contribution is 5.77. The number of aromatic nitrogens is 6. The Balaban J connectivity index is 1.45. The van der Waals surface area contributed by atoms with Crippen molar-refractivity contribution >= 4 is 11.0 Å². The second-order valence-corrected chi connectivity index (χ2v) is 8.27. The van der Waals surface area contributed by atoms with E-state index in [4.69, 9.17) is 9.72 Å². The molecule has 0 saturated heterocycles. The van der Waals surface area contributed by atoms with Gasteiger partial charge in [-0.1, -0.05) is 6.07 Å². The predicted molar refractivity (Wildman–Crippen MR) is 114 cm³/mol. The van der Waals surface area contributed by atoms with E-state index in [9.17, 15) is 0 Å². The van der Waals surface area contributed by atoms with Gasteiger partial charge in [-0.3, -0.25) is 14.3 Å². The molecule has 3 aromatic heterocycles. The van der Waals surface area contributed by atoms with Gasteiger partial charge in [-0.2, -0.15) is 10.2 Å². The lowest BCUT2D eigenvalue weighted by atomic mass is 10.1. The second kappa shape index (κ2) is 7.70. The SMILES string of the molecule is Cc1ccc2nc3n(c2c1)[C@@H](CN(Cc1cnn(C)c1)Cc1cnn(C)c1)COC3. The minimum Gasteiger partial charge on any atom is -0.371 e. The third kappa shape index (κ3) is 3.76. The van der Waals surface area contributed by atoms with Crippen LogP contribution in [0.2, 0.25) is 0 Å². The molecule has 1 atom stereocenters. The summed E-state index contributed by atoms with van der Waals surface area (Å²) >= 11 is 0. The molecule has 0 amide bonds. The fourth-order valence-corrected chi connectivity index (χ4v) is 4.36. The summed E-state index contributed by atoms with van der Waals surface area (Å²) in [5.41, 5.74) is 5.88. The fraction of sp³-hybridized carbons (Fsp3) is 0.409. The van der Waals surface area contributed by atoms with Gasteiger partial charge in [0, 0.05) is 57.3 Å². The number of benzene rings is 1. The molecular weight excluding hydrogens is 378 g/mol. The van der Waals surface area contributed by atoms with Gasteiger partial charge in [-0.15, -0.1) is 0 Å². The van der Waals surface area contributed by atoms with Crippen LogP contribution in [-0.2, 0) is 38.5 Å². The Morgan fingerprint density at radius 2 is 1.77 bits per heavy atom. The molecular formula is C22H27N7O. The van der Waals surface area contributed by atoms with Crippen LogP contribution in [0.25, 0.3) is 11.0 Å². The molecule has 0 N–H and O–H groups in total. The molecule has 30 heavy (non-hydrogen) atoms. The maximum atomic E-state index is 5.93. The quantitative estimate of drug-likeness (QED) is 0.493. The molecule has 0 spiro atoms. The first-order valence-corrected chi connectivity index (χ1v) is 10.3. The lowest BCUT2D eigenvalue weighted by Gasteiger charge is -2.31. The van der Waals surface area contributed by atoms with E-state index < -0.39 is 0 Å². The summed E-state index contributed by atoms with van der Waals surface area (Å²) in [6.07, 6.45) is 8.04. The van der Waals surface area contributed by atoms with Crippen molar-refractivity contribution in [2.45, 2.75) is 32.7 Å². The molecule has 5 rings (SSSR count). The smallest absolute Gasteiger partial charge is 0.136 e. The summed E-state index contributed by atoms with van der Waals surface area (Å²) in [4.78, 5) is 7.26. The number of aryl methyl sites for hydroxylation is 3. The Morgan fingerprint density at radius 1 is 1.07 bits per heavy atom. The summed E-state index contributed by atoms with van der Waals surface area (Å²) in [5.74, 6) is 1.01. The molecule has 0 aliphatic carbocycles. The van der Waals surface area contributed by atoms with E-state index in [0.29, 0.717) is 13.2 Å². The summed E-state index contributed by atoms with van der Waals surface area (Å²) in [7, 11) is 3.91. The Labute approximate surface area is 175 Å². The van der Waals surface area contributed by atoms with Gasteiger partial charge in [-0.25, -0.2) is 4.98 Å². The molecule has 1 aromatic carbocycles. The van der Waals surface area contributed by atoms with Gasteiger partial charge in [0.2, 0.25) is 0 Å². The van der Waals surface area contributed by atoms with Crippen LogP contribution < -0.4 is 0 Å². The third-order valence-electron chi connectivity index (χ3n) is 5.62. The van der Waals surface area contributed by atoms with Gasteiger partial charge in [0.15, 0.2) is 0 Å². The van der Waals surface area contributed by atoms with Crippen molar-refractivity contribution in [3.8, 4) is 0 Å². The highest BCUT2D eigenvalue weighted by Crippen LogP contribution is 2.28. The van der Waals surface area contributed by atoms with Crippen molar-refractivity contribution in [1.29, 1.82) is 0 Å². The van der Waals surface area contributed by atoms with E-state index in [1.54, 1.807) is 0 Å². The normalized spacial score (nSPS) is 16.5. The molecule has 8 heteroatoms. The first-order valence-electron chi connectivity index (χ1n) is 10.3. The molecule has 4 heterocycles. The van der Waals surface area contributed by atoms with Crippen LogP contribution in [0.4, 0.5) is 0 Å². The Kier molecular flexibility index (Phi) is 4.88. The summed E-state index contributed by atoms with van der Waals surface area (Å²) in [5, 5.41) is 8.68. The van der Waals surface area contributed by atoms with E-state index in [0.717, 1.165) is 31.0 Å². The lowest BCUT2D eigenvalue weighted by Crippen LogP contribution is -2.35. The maximum Gasteiger partial charge on any atom is 0.136 e. The van der Waals surface area contributed by atoms with E-state index in [1.807, 2.05) is 35.9 Å². The van der Waals surface area contributed by atoms with Gasteiger partial charge in [0.05, 0.1) is 36.1 Å². The van der Waals surface area contributed by atoms with Gasteiger partial charge in [0.25, 0.3) is 0 Å². The van der Waals surface area contributed by atoms with Crippen molar-refractivity contribution in [3.05, 3.63) is 65.5 Å². The van der Waals surface area contributed by atoms with Crippen LogP contribution in [0, 0.1) is 6.92 Å². The van der Waals surface area contributed by atoms with Crippen molar-refractivity contribution in [3.63, 3.8) is 0 Å². The predicted octanol–water partition coefficient (Wildman–Crippen LogP) is 2.59. The van der Waals surface area contributed by atoms with Gasteiger partial charge in [-0.05, 0) is 24.6 Å². The Hall–Kier alpha value is -2.97. The average Bonchev–Trinajstić information content (AvgIpc) is 3.40. The van der Waals surface area contributed by atoms with Crippen LogP contribution in [0.3, 0.4) is 0 Å². The van der Waals surface area contributed by atoms with Gasteiger partial charge < -0.3 is 9.30 Å². The Morgan fingerprint density at radius 3 is 2.40 bits per heavy atom. The van der Waals surface area contributed by atoms with Gasteiger partial charge >= 0.3 is 0 Å². The molecule has 0 saturated carbocycles. The van der Waals surface area contributed by atoms with E-state index in [2.05, 4.69) is 57.2 Å². The van der Waals surface area contributed by atoms with E-state index in [1.165, 1.54) is 22.2 Å². The largest absolute Gasteiger partial charge is 0.371 e. The zero-order valence-corrected chi connectivity index (χ0v) is 17.7. The molecule has 0 radical (unpaired) electrons. The number of rotatable bonds is 6. The monoisotopic (exact) mass is 405 g/mol. The highest BCUT2D eigenvalue weighted by Gasteiger charge is 2.26. The number of ether oxygens (including phenoxy) is 1. The highest BCUT2D eigenvalue weighted by atomic mass is 16.5. The van der Waals surface area contributed by atoms with Crippen molar-refractivity contribution in [2.24, 2.45) is 14.1 Å². The third-order valence-corrected chi connectivity index (χ3v) is 5.62. The van der Waals surface area contributed by atoms with Crippen LogP contribution in [0.1, 0.15) is 28.6 Å². The van der Waals surface area contributed by atoms with Crippen molar-refractivity contribution in [2.75, 3.05) is 13.2 Å². The van der Waals surface area contributed by atoms with E-state index >= 15 is 0 Å². The molecule has 4 aromatic rings. The van der Waals surface area contributed by atoms with Crippen molar-refractivity contribution in [1.82, 2.24) is 34.0 Å². The van der Waals surface area contributed by atoms with Crippen LogP contribution in [0.15, 0.2) is 43.0 Å². The van der Waals surface area contributed by atoms with Crippen LogP contribution >= 0.6 is 0 Å². The molecule has 1 aliphatic rings. The average molecular weight is 406 g/mol. The van der Waals surface area contributed by atoms with Crippen LogP contribution in [0.5, 0.6) is 0 Å². The first kappa shape index (κ1) is 19.0. The maximum absolute atomic E-state index is 5.93. The molecule has 0 bridgehead atoms. The van der Waals surface area contributed by atoms with Crippen molar-refractivity contribution < 1.29 is 4.74 Å². The topological polar surface area (TPSA) is 65.9 Å². The summed E-state index contributed by atoms with van der Waals surface area (Å²) < 4.78 is 12.0. The zero-order valence-electron chi connectivity index (χ0n) is 17.7. The van der Waals surface area contributed by atoms with E-state index in [-0.39, 0.29) is 6.04 Å². The summed E-state index contributed by atoms with van der Waals surface area (Å²) in [6.45, 7) is 5.87. The number of nitrogens with zero attached hydrogens (tertiary/aromatic N) is 7. The molecule has 156 valence electrons. The fourth-order valence-electron chi connectivity index (χ4n) is 4.36. The van der Waals surface area contributed by atoms with Crippen LogP contribution in [-0.4, -0.2) is 47.2 Å². The molecule has 1 aliphatic heterocycles. The zero-order chi connectivity index (χ0) is 20.7. The standard InChI is InChI=1S/C22H27N7O/c1-16-4-5-20-21(6-16)29-19(14-30-15-22(29)25-20)13-28(11-17-7-23-26(2)9-17)12-18-8-24-27(3)10-18/h4-10,19H,11-15H2,1-3H3/t19-/m0/s1. The van der Waals surface area contributed by atoms with Gasteiger partial charge in [0.1, 0.15) is 12.4 Å². The summed E-state index contributed by atoms with van der Waals surface area (Å²) in [6, 6.07) is 6.66. The molecule has 0 unspecified atom stereocenters. The molecule has 0 fully saturated rings. The number of hydrogen-bond donors (Lipinski definition) is 0. The Bertz CT molecular complexity index is 1130. The second-order valence-electron chi connectivity index (χ2n) is 8.27. The lowest BCUT2D eigenvalue weighted by molar-refractivity contribution is 0.0402. The number of fused-ring (bicyclic) bond motifs is 3. The minimum absolute atomic E-state index is 0.203. The molecule has 8 nitrogen and oxygen atoms in total.